The van der Waals surface area contributed by atoms with Gasteiger partial charge in [-0.2, -0.15) is 0 Å². The highest BCUT2D eigenvalue weighted by atomic mass is 19.1. The summed E-state index contributed by atoms with van der Waals surface area (Å²) in [6.45, 7) is 8.65. The number of rotatable bonds is 9. The summed E-state index contributed by atoms with van der Waals surface area (Å²) in [6.07, 6.45) is 0. The molecule has 1 amide bonds. The Bertz CT molecular complexity index is 1080. The molecule has 1 atom stereocenters. The lowest BCUT2D eigenvalue weighted by Crippen LogP contribution is -2.38. The molecule has 2 rings (SSSR count). The summed E-state index contributed by atoms with van der Waals surface area (Å²) < 4.78 is 26.1. The van der Waals surface area contributed by atoms with Crippen molar-refractivity contribution in [3.05, 3.63) is 47.3 Å². The van der Waals surface area contributed by atoms with Gasteiger partial charge in [0.1, 0.15) is 23.4 Å². The standard InChI is InChI=1S/C25H31FN2O5/c1-13(2)27-17-8-9-18(21(26)10-17)20-12-22(32-6)19(11-23(20)33-7)14(3)15(4)24(29)28-16(5)25(30)31/h8-13,16,27H,1-7H3,(H,28,29)(H,30,31)/t16-/m1/s1. The van der Waals surface area contributed by atoms with Crippen molar-refractivity contribution in [1.82, 2.24) is 5.32 Å². The van der Waals surface area contributed by atoms with E-state index in [9.17, 15) is 14.0 Å². The number of benzene rings is 2. The van der Waals surface area contributed by atoms with Crippen molar-refractivity contribution in [3.8, 4) is 22.6 Å². The molecule has 0 unspecified atom stereocenters. The highest BCUT2D eigenvalue weighted by Gasteiger charge is 2.21. The highest BCUT2D eigenvalue weighted by molar-refractivity contribution is 6.02. The molecule has 0 radical (unpaired) electrons. The summed E-state index contributed by atoms with van der Waals surface area (Å²) in [4.78, 5) is 23.6. The van der Waals surface area contributed by atoms with E-state index in [4.69, 9.17) is 14.6 Å². The number of allylic oxidation sites excluding steroid dienone is 1. The van der Waals surface area contributed by atoms with Gasteiger partial charge >= 0.3 is 5.97 Å². The number of hydrogen-bond acceptors (Lipinski definition) is 5. The van der Waals surface area contributed by atoms with Gasteiger partial charge in [0, 0.05) is 34.0 Å². The van der Waals surface area contributed by atoms with Gasteiger partial charge in [-0.15, -0.1) is 0 Å². The molecule has 3 N–H and O–H groups in total. The Hall–Kier alpha value is -3.55. The average Bonchev–Trinajstić information content (AvgIpc) is 2.76. The van der Waals surface area contributed by atoms with Gasteiger partial charge in [0.05, 0.1) is 14.2 Å². The Morgan fingerprint density at radius 1 is 0.970 bits per heavy atom. The van der Waals surface area contributed by atoms with Crippen LogP contribution in [0.1, 0.15) is 40.2 Å². The van der Waals surface area contributed by atoms with Crippen LogP contribution in [0.2, 0.25) is 0 Å². The third kappa shape index (κ3) is 6.03. The monoisotopic (exact) mass is 458 g/mol. The lowest BCUT2D eigenvalue weighted by molar-refractivity contribution is -0.140. The van der Waals surface area contributed by atoms with Crippen LogP contribution in [-0.4, -0.2) is 43.3 Å². The minimum atomic E-state index is -1.13. The van der Waals surface area contributed by atoms with Crippen LogP contribution in [0, 0.1) is 5.82 Å². The molecule has 0 saturated carbocycles. The fraction of sp³-hybridized carbons (Fsp3) is 0.360. The van der Waals surface area contributed by atoms with E-state index < -0.39 is 23.7 Å². The predicted octanol–water partition coefficient (Wildman–Crippen LogP) is 4.71. The number of methoxy groups -OCH3 is 2. The molecule has 8 heteroatoms. The number of amides is 1. The van der Waals surface area contributed by atoms with Gasteiger partial charge in [0.25, 0.3) is 0 Å². The van der Waals surface area contributed by atoms with E-state index in [0.29, 0.717) is 45.0 Å². The second-order valence-electron chi connectivity index (χ2n) is 8.03. The van der Waals surface area contributed by atoms with E-state index >= 15 is 0 Å². The molecule has 0 aliphatic rings. The van der Waals surface area contributed by atoms with Gasteiger partial charge in [-0.3, -0.25) is 9.59 Å². The quantitative estimate of drug-likeness (QED) is 0.471. The van der Waals surface area contributed by atoms with Crippen molar-refractivity contribution in [3.63, 3.8) is 0 Å². The molecule has 0 aliphatic heterocycles. The number of aliphatic carboxylic acids is 1. The van der Waals surface area contributed by atoms with E-state index in [1.807, 2.05) is 13.8 Å². The fourth-order valence-corrected chi connectivity index (χ4v) is 3.30. The largest absolute Gasteiger partial charge is 0.496 e. The van der Waals surface area contributed by atoms with Crippen LogP contribution in [0.25, 0.3) is 16.7 Å². The molecule has 0 aliphatic carbocycles. The third-order valence-electron chi connectivity index (χ3n) is 5.26. The van der Waals surface area contributed by atoms with E-state index in [1.54, 1.807) is 38.1 Å². The van der Waals surface area contributed by atoms with Gasteiger partial charge < -0.3 is 25.2 Å². The first kappa shape index (κ1) is 25.7. The average molecular weight is 459 g/mol. The molecule has 2 aromatic carbocycles. The molecule has 0 bridgehead atoms. The second kappa shape index (κ2) is 10.8. The minimum Gasteiger partial charge on any atom is -0.496 e. The molecular formula is C25H31FN2O5. The van der Waals surface area contributed by atoms with Crippen LogP contribution in [0.3, 0.4) is 0 Å². The Kier molecular flexibility index (Phi) is 8.45. The lowest BCUT2D eigenvalue weighted by atomic mass is 9.95. The van der Waals surface area contributed by atoms with Crippen molar-refractivity contribution >= 4 is 23.1 Å². The molecule has 0 saturated heterocycles. The molecule has 33 heavy (non-hydrogen) atoms. The SMILES string of the molecule is COc1cc(-c2ccc(NC(C)C)cc2F)c(OC)cc1C(C)=C(C)C(=O)N[C@H](C)C(=O)O. The van der Waals surface area contributed by atoms with Crippen LogP contribution < -0.4 is 20.1 Å². The summed E-state index contributed by atoms with van der Waals surface area (Å²) >= 11 is 0. The highest BCUT2D eigenvalue weighted by Crippen LogP contribution is 2.40. The van der Waals surface area contributed by atoms with Gasteiger partial charge in [0.2, 0.25) is 5.91 Å². The van der Waals surface area contributed by atoms with Crippen LogP contribution in [-0.2, 0) is 9.59 Å². The fourth-order valence-electron chi connectivity index (χ4n) is 3.30. The van der Waals surface area contributed by atoms with Gasteiger partial charge in [-0.05, 0) is 70.5 Å². The molecule has 0 fully saturated rings. The molecular weight excluding hydrogens is 427 g/mol. The minimum absolute atomic E-state index is 0.165. The summed E-state index contributed by atoms with van der Waals surface area (Å²) in [6, 6.07) is 7.37. The number of carboxylic acid groups (broad SMARTS) is 1. The predicted molar refractivity (Wildman–Crippen MR) is 127 cm³/mol. The van der Waals surface area contributed by atoms with E-state index in [1.165, 1.54) is 27.2 Å². The van der Waals surface area contributed by atoms with Crippen LogP contribution >= 0.6 is 0 Å². The zero-order valence-electron chi connectivity index (χ0n) is 20.0. The zero-order valence-corrected chi connectivity index (χ0v) is 20.0. The van der Waals surface area contributed by atoms with Crippen molar-refractivity contribution < 1.29 is 28.6 Å². The summed E-state index contributed by atoms with van der Waals surface area (Å²) in [7, 11) is 2.96. The molecule has 2 aromatic rings. The van der Waals surface area contributed by atoms with Crippen LogP contribution in [0.5, 0.6) is 11.5 Å². The number of carbonyl (C=O) groups is 2. The Labute approximate surface area is 193 Å². The number of carboxylic acids is 1. The Morgan fingerprint density at radius 2 is 1.61 bits per heavy atom. The molecule has 0 spiro atoms. The Morgan fingerprint density at radius 3 is 2.12 bits per heavy atom. The van der Waals surface area contributed by atoms with Crippen LogP contribution in [0.15, 0.2) is 35.9 Å². The number of nitrogens with one attached hydrogen (secondary N) is 2. The van der Waals surface area contributed by atoms with Crippen molar-refractivity contribution in [2.24, 2.45) is 0 Å². The molecule has 7 nitrogen and oxygen atoms in total. The maximum absolute atomic E-state index is 15.0. The lowest BCUT2D eigenvalue weighted by Gasteiger charge is -2.18. The van der Waals surface area contributed by atoms with Gasteiger partial charge in [-0.1, -0.05) is 0 Å². The normalized spacial score (nSPS) is 12.6. The number of carbonyl (C=O) groups excluding carboxylic acids is 1. The number of anilines is 1. The van der Waals surface area contributed by atoms with Crippen molar-refractivity contribution in [2.45, 2.75) is 46.7 Å². The molecule has 0 heterocycles. The summed E-state index contributed by atoms with van der Waals surface area (Å²) in [5, 5.41) is 14.6. The summed E-state index contributed by atoms with van der Waals surface area (Å²) in [5.41, 5.74) is 2.99. The number of halogens is 1. The first-order valence-corrected chi connectivity index (χ1v) is 10.5. The first-order chi connectivity index (χ1) is 15.5. The van der Waals surface area contributed by atoms with Crippen LogP contribution in [0.4, 0.5) is 10.1 Å². The van der Waals surface area contributed by atoms with Gasteiger partial charge in [0.15, 0.2) is 0 Å². The zero-order chi connectivity index (χ0) is 24.9. The maximum Gasteiger partial charge on any atom is 0.325 e. The molecule has 0 aromatic heterocycles. The number of hydrogen-bond donors (Lipinski definition) is 3. The smallest absolute Gasteiger partial charge is 0.325 e. The first-order valence-electron chi connectivity index (χ1n) is 10.5. The maximum atomic E-state index is 15.0. The van der Waals surface area contributed by atoms with Gasteiger partial charge in [-0.25, -0.2) is 4.39 Å². The Balaban J connectivity index is 2.55. The topological polar surface area (TPSA) is 96.9 Å². The van der Waals surface area contributed by atoms with Crippen molar-refractivity contribution in [2.75, 3.05) is 19.5 Å². The van der Waals surface area contributed by atoms with E-state index in [-0.39, 0.29) is 6.04 Å². The van der Waals surface area contributed by atoms with E-state index in [0.717, 1.165) is 0 Å². The number of ether oxygens (including phenoxy) is 2. The summed E-state index contributed by atoms with van der Waals surface area (Å²) in [5.74, 6) is -1.23. The van der Waals surface area contributed by atoms with E-state index in [2.05, 4.69) is 10.6 Å². The second-order valence-corrected chi connectivity index (χ2v) is 8.03. The third-order valence-corrected chi connectivity index (χ3v) is 5.26. The molecule has 178 valence electrons. The van der Waals surface area contributed by atoms with Crippen molar-refractivity contribution in [1.29, 1.82) is 0 Å².